The molecule has 0 aliphatic carbocycles. The summed E-state index contributed by atoms with van der Waals surface area (Å²) in [5.74, 6) is 0.762. The Hall–Kier alpha value is -3.22. The minimum atomic E-state index is -0.442. The number of esters is 1. The van der Waals surface area contributed by atoms with E-state index < -0.39 is 5.97 Å². The van der Waals surface area contributed by atoms with Crippen molar-refractivity contribution in [2.45, 2.75) is 13.8 Å². The second kappa shape index (κ2) is 7.77. The van der Waals surface area contributed by atoms with Crippen LogP contribution in [0, 0.1) is 0 Å². The molecule has 0 atom stereocenters. The van der Waals surface area contributed by atoms with Crippen molar-refractivity contribution in [3.63, 3.8) is 0 Å². The van der Waals surface area contributed by atoms with Gasteiger partial charge >= 0.3 is 5.97 Å². The molecule has 0 unspecified atom stereocenters. The van der Waals surface area contributed by atoms with Crippen LogP contribution in [0.25, 0.3) is 0 Å². The Morgan fingerprint density at radius 3 is 2.54 bits per heavy atom. The normalized spacial score (nSPS) is 11.8. The lowest BCUT2D eigenvalue weighted by atomic mass is 10.1. The van der Waals surface area contributed by atoms with E-state index in [4.69, 9.17) is 18.9 Å². The first kappa shape index (κ1) is 17.6. The molecule has 0 spiro atoms. The van der Waals surface area contributed by atoms with Crippen LogP contribution in [-0.4, -0.2) is 31.9 Å². The zero-order valence-electron chi connectivity index (χ0n) is 14.5. The van der Waals surface area contributed by atoms with E-state index in [0.29, 0.717) is 40.7 Å². The monoisotopic (exact) mass is 357 g/mol. The fourth-order valence-electron chi connectivity index (χ4n) is 2.47. The third-order valence-electron chi connectivity index (χ3n) is 3.68. The Balaban J connectivity index is 1.81. The summed E-state index contributed by atoms with van der Waals surface area (Å²) in [4.78, 5) is 24.4. The number of benzene rings is 2. The second-order valence-corrected chi connectivity index (χ2v) is 5.39. The van der Waals surface area contributed by atoms with Crippen molar-refractivity contribution in [1.82, 2.24) is 0 Å². The quantitative estimate of drug-likeness (QED) is 0.799. The molecule has 1 heterocycles. The lowest BCUT2D eigenvalue weighted by Crippen LogP contribution is -2.13. The molecule has 136 valence electrons. The third-order valence-corrected chi connectivity index (χ3v) is 3.68. The second-order valence-electron chi connectivity index (χ2n) is 5.39. The summed E-state index contributed by atoms with van der Waals surface area (Å²) in [7, 11) is 0. The van der Waals surface area contributed by atoms with Gasteiger partial charge in [-0.25, -0.2) is 4.79 Å². The van der Waals surface area contributed by atoms with Gasteiger partial charge in [-0.1, -0.05) is 0 Å². The maximum atomic E-state index is 12.5. The van der Waals surface area contributed by atoms with Crippen LogP contribution in [0.1, 0.15) is 34.6 Å². The van der Waals surface area contributed by atoms with Crippen LogP contribution in [0.2, 0.25) is 0 Å². The molecular weight excluding hydrogens is 338 g/mol. The van der Waals surface area contributed by atoms with Gasteiger partial charge in [0, 0.05) is 5.56 Å². The summed E-state index contributed by atoms with van der Waals surface area (Å²) in [5, 5.41) is 2.79. The van der Waals surface area contributed by atoms with Crippen LogP contribution in [0.15, 0.2) is 36.4 Å². The molecule has 1 aliphatic heterocycles. The molecule has 0 saturated heterocycles. The standard InChI is InChI=1S/C19H19NO6/c1-3-23-16-10-13(19(22)24-4-2)5-7-14(16)20-18(21)12-6-8-15-17(9-12)26-11-25-15/h5-10H,3-4,11H2,1-2H3,(H,20,21). The van der Waals surface area contributed by atoms with E-state index in [-0.39, 0.29) is 19.3 Å². The number of ether oxygens (including phenoxy) is 4. The number of carbonyl (C=O) groups is 2. The number of hydrogen-bond donors (Lipinski definition) is 1. The fourth-order valence-corrected chi connectivity index (χ4v) is 2.47. The van der Waals surface area contributed by atoms with Crippen LogP contribution < -0.4 is 19.5 Å². The van der Waals surface area contributed by atoms with E-state index in [2.05, 4.69) is 5.32 Å². The largest absolute Gasteiger partial charge is 0.492 e. The van der Waals surface area contributed by atoms with Gasteiger partial charge in [0.25, 0.3) is 5.91 Å². The average Bonchev–Trinajstić information content (AvgIpc) is 3.11. The van der Waals surface area contributed by atoms with Crippen molar-refractivity contribution < 1.29 is 28.5 Å². The van der Waals surface area contributed by atoms with Crippen LogP contribution in [-0.2, 0) is 4.74 Å². The van der Waals surface area contributed by atoms with Gasteiger partial charge in [-0.2, -0.15) is 0 Å². The summed E-state index contributed by atoms with van der Waals surface area (Å²) in [6.45, 7) is 4.37. The Labute approximate surface area is 150 Å². The molecule has 2 aromatic rings. The van der Waals surface area contributed by atoms with Gasteiger partial charge in [0.05, 0.1) is 24.5 Å². The number of amides is 1. The van der Waals surface area contributed by atoms with Gasteiger partial charge in [-0.3, -0.25) is 4.79 Å². The lowest BCUT2D eigenvalue weighted by Gasteiger charge is -2.13. The molecule has 7 heteroatoms. The maximum absolute atomic E-state index is 12.5. The molecule has 1 amide bonds. The highest BCUT2D eigenvalue weighted by Gasteiger charge is 2.18. The van der Waals surface area contributed by atoms with Crippen LogP contribution in [0.5, 0.6) is 17.2 Å². The summed E-state index contributed by atoms with van der Waals surface area (Å²) in [5.41, 5.74) is 1.24. The molecule has 1 aliphatic rings. The molecule has 2 aromatic carbocycles. The molecule has 3 rings (SSSR count). The molecule has 0 radical (unpaired) electrons. The van der Waals surface area contributed by atoms with Gasteiger partial charge in [-0.15, -0.1) is 0 Å². The van der Waals surface area contributed by atoms with E-state index in [9.17, 15) is 9.59 Å². The molecule has 1 N–H and O–H groups in total. The van der Waals surface area contributed by atoms with Gasteiger partial charge < -0.3 is 24.3 Å². The van der Waals surface area contributed by atoms with E-state index >= 15 is 0 Å². The van der Waals surface area contributed by atoms with Crippen molar-refractivity contribution in [3.05, 3.63) is 47.5 Å². The van der Waals surface area contributed by atoms with Gasteiger partial charge in [0.15, 0.2) is 11.5 Å². The number of carbonyl (C=O) groups excluding carboxylic acids is 2. The summed E-state index contributed by atoms with van der Waals surface area (Å²) >= 11 is 0. The summed E-state index contributed by atoms with van der Waals surface area (Å²) in [6, 6.07) is 9.69. The van der Waals surface area contributed by atoms with Crippen LogP contribution >= 0.6 is 0 Å². The highest BCUT2D eigenvalue weighted by atomic mass is 16.7. The predicted octanol–water partition coefficient (Wildman–Crippen LogP) is 3.24. The third kappa shape index (κ3) is 3.72. The molecular formula is C19H19NO6. The molecule has 26 heavy (non-hydrogen) atoms. The molecule has 0 fully saturated rings. The van der Waals surface area contributed by atoms with E-state index in [1.54, 1.807) is 43.3 Å². The molecule has 0 bridgehead atoms. The zero-order valence-corrected chi connectivity index (χ0v) is 14.5. The SMILES string of the molecule is CCOC(=O)c1ccc(NC(=O)c2ccc3c(c2)OCO3)c(OCC)c1. The van der Waals surface area contributed by atoms with Gasteiger partial charge in [-0.05, 0) is 50.2 Å². The van der Waals surface area contributed by atoms with E-state index in [1.165, 1.54) is 0 Å². The molecule has 7 nitrogen and oxygen atoms in total. The van der Waals surface area contributed by atoms with Gasteiger partial charge in [0.2, 0.25) is 6.79 Å². The topological polar surface area (TPSA) is 83.1 Å². The first-order chi connectivity index (χ1) is 12.6. The number of anilines is 1. The summed E-state index contributed by atoms with van der Waals surface area (Å²) in [6.07, 6.45) is 0. The van der Waals surface area contributed by atoms with Crippen LogP contribution in [0.3, 0.4) is 0 Å². The van der Waals surface area contributed by atoms with E-state index in [1.807, 2.05) is 6.92 Å². The lowest BCUT2D eigenvalue weighted by molar-refractivity contribution is 0.0526. The van der Waals surface area contributed by atoms with E-state index in [0.717, 1.165) is 0 Å². The average molecular weight is 357 g/mol. The van der Waals surface area contributed by atoms with Gasteiger partial charge in [0.1, 0.15) is 5.75 Å². The first-order valence-electron chi connectivity index (χ1n) is 8.27. The number of rotatable bonds is 6. The Kier molecular flexibility index (Phi) is 5.26. The van der Waals surface area contributed by atoms with Crippen molar-refractivity contribution in [2.24, 2.45) is 0 Å². The van der Waals surface area contributed by atoms with Crippen LogP contribution in [0.4, 0.5) is 5.69 Å². The van der Waals surface area contributed by atoms with Crippen molar-refractivity contribution in [1.29, 1.82) is 0 Å². The number of fused-ring (bicyclic) bond motifs is 1. The smallest absolute Gasteiger partial charge is 0.338 e. The molecule has 0 aromatic heterocycles. The highest BCUT2D eigenvalue weighted by molar-refractivity contribution is 6.05. The first-order valence-corrected chi connectivity index (χ1v) is 8.27. The Morgan fingerprint density at radius 2 is 1.77 bits per heavy atom. The van der Waals surface area contributed by atoms with Crippen molar-refractivity contribution in [2.75, 3.05) is 25.3 Å². The minimum Gasteiger partial charge on any atom is -0.492 e. The van der Waals surface area contributed by atoms with Crippen molar-refractivity contribution in [3.8, 4) is 17.2 Å². The Morgan fingerprint density at radius 1 is 1.00 bits per heavy atom. The number of hydrogen-bond acceptors (Lipinski definition) is 6. The number of nitrogens with one attached hydrogen (secondary N) is 1. The zero-order chi connectivity index (χ0) is 18.5. The Bertz CT molecular complexity index is 833. The summed E-state index contributed by atoms with van der Waals surface area (Å²) < 4.78 is 21.1. The molecule has 0 saturated carbocycles. The minimum absolute atomic E-state index is 0.143. The predicted molar refractivity (Wildman–Crippen MR) is 94.1 cm³/mol. The van der Waals surface area contributed by atoms with Crippen molar-refractivity contribution >= 4 is 17.6 Å². The maximum Gasteiger partial charge on any atom is 0.338 e. The highest BCUT2D eigenvalue weighted by Crippen LogP contribution is 2.33. The fraction of sp³-hybridized carbons (Fsp3) is 0.263.